The van der Waals surface area contributed by atoms with E-state index in [1.807, 2.05) is 13.1 Å². The molecule has 0 aromatic carbocycles. The van der Waals surface area contributed by atoms with Crippen molar-refractivity contribution in [2.24, 2.45) is 13.0 Å². The predicted molar refractivity (Wildman–Crippen MR) is 63.1 cm³/mol. The Bertz CT molecular complexity index is 348. The van der Waals surface area contributed by atoms with Crippen molar-refractivity contribution < 1.29 is 5.11 Å². The molecular weight excluding hydrogens is 202 g/mol. The van der Waals surface area contributed by atoms with Crippen molar-refractivity contribution in [1.82, 2.24) is 14.7 Å². The minimum atomic E-state index is 0.0786. The van der Waals surface area contributed by atoms with E-state index in [1.165, 1.54) is 19.5 Å². The minimum Gasteiger partial charge on any atom is -0.390 e. The molecule has 0 aliphatic carbocycles. The van der Waals surface area contributed by atoms with E-state index >= 15 is 0 Å². The summed E-state index contributed by atoms with van der Waals surface area (Å²) >= 11 is 0. The van der Waals surface area contributed by atoms with Crippen LogP contribution in [0.5, 0.6) is 0 Å². The maximum Gasteiger partial charge on any atom is 0.0849 e. The molecule has 1 N–H and O–H groups in total. The van der Waals surface area contributed by atoms with Crippen molar-refractivity contribution in [2.45, 2.75) is 26.4 Å². The number of aryl methyl sites for hydroxylation is 1. The molecule has 4 heteroatoms. The van der Waals surface area contributed by atoms with Crippen molar-refractivity contribution in [2.75, 3.05) is 19.6 Å². The first-order chi connectivity index (χ1) is 7.72. The average molecular weight is 223 g/mol. The Morgan fingerprint density at radius 1 is 1.56 bits per heavy atom. The number of rotatable bonds is 4. The van der Waals surface area contributed by atoms with Crippen LogP contribution < -0.4 is 0 Å². The summed E-state index contributed by atoms with van der Waals surface area (Å²) in [5.74, 6) is 0.737. The van der Waals surface area contributed by atoms with Gasteiger partial charge in [0.05, 0.1) is 18.0 Å². The van der Waals surface area contributed by atoms with Gasteiger partial charge in [-0.25, -0.2) is 0 Å². The van der Waals surface area contributed by atoms with Crippen LogP contribution >= 0.6 is 0 Å². The second-order valence-electron chi connectivity index (χ2n) is 4.66. The van der Waals surface area contributed by atoms with E-state index in [9.17, 15) is 0 Å². The molecule has 0 amide bonds. The second kappa shape index (κ2) is 4.97. The SMILES string of the molecule is CCN1CCC(Cc2cc(CO)n(C)n2)C1. The molecule has 0 bridgehead atoms. The van der Waals surface area contributed by atoms with Gasteiger partial charge in [0.1, 0.15) is 0 Å². The molecule has 90 valence electrons. The van der Waals surface area contributed by atoms with Crippen LogP contribution in [0.3, 0.4) is 0 Å². The topological polar surface area (TPSA) is 41.3 Å². The smallest absolute Gasteiger partial charge is 0.0849 e. The van der Waals surface area contributed by atoms with E-state index in [0.717, 1.165) is 30.3 Å². The summed E-state index contributed by atoms with van der Waals surface area (Å²) < 4.78 is 1.78. The fourth-order valence-corrected chi connectivity index (χ4v) is 2.48. The zero-order chi connectivity index (χ0) is 11.5. The number of nitrogens with zero attached hydrogens (tertiary/aromatic N) is 3. The molecular formula is C12H21N3O. The number of aromatic nitrogens is 2. The van der Waals surface area contributed by atoms with Gasteiger partial charge in [-0.2, -0.15) is 5.10 Å². The maximum absolute atomic E-state index is 9.10. The predicted octanol–water partition coefficient (Wildman–Crippen LogP) is 0.797. The van der Waals surface area contributed by atoms with Gasteiger partial charge in [-0.1, -0.05) is 6.92 Å². The van der Waals surface area contributed by atoms with Gasteiger partial charge in [0.15, 0.2) is 0 Å². The van der Waals surface area contributed by atoms with Gasteiger partial charge in [-0.05, 0) is 37.9 Å². The van der Waals surface area contributed by atoms with Crippen LogP contribution in [0.2, 0.25) is 0 Å². The van der Waals surface area contributed by atoms with Crippen molar-refractivity contribution in [3.8, 4) is 0 Å². The third-order valence-corrected chi connectivity index (χ3v) is 3.50. The fourth-order valence-electron chi connectivity index (χ4n) is 2.48. The first-order valence-electron chi connectivity index (χ1n) is 6.08. The molecule has 2 rings (SSSR count). The third-order valence-electron chi connectivity index (χ3n) is 3.50. The molecule has 1 unspecified atom stereocenters. The van der Waals surface area contributed by atoms with Crippen molar-refractivity contribution in [3.05, 3.63) is 17.5 Å². The highest BCUT2D eigenvalue weighted by Gasteiger charge is 2.22. The van der Waals surface area contributed by atoms with Gasteiger partial charge in [-0.3, -0.25) is 4.68 Å². The lowest BCUT2D eigenvalue weighted by Gasteiger charge is -2.11. The molecule has 2 heterocycles. The number of aliphatic hydroxyl groups excluding tert-OH is 1. The van der Waals surface area contributed by atoms with Gasteiger partial charge >= 0.3 is 0 Å². The average Bonchev–Trinajstić information content (AvgIpc) is 2.85. The molecule has 16 heavy (non-hydrogen) atoms. The zero-order valence-electron chi connectivity index (χ0n) is 10.2. The van der Waals surface area contributed by atoms with Gasteiger partial charge in [0.2, 0.25) is 0 Å². The lowest BCUT2D eigenvalue weighted by atomic mass is 10.0. The van der Waals surface area contributed by atoms with Crippen LogP contribution in [0.25, 0.3) is 0 Å². The van der Waals surface area contributed by atoms with Gasteiger partial charge in [0, 0.05) is 13.6 Å². The molecule has 1 aromatic rings. The van der Waals surface area contributed by atoms with Gasteiger partial charge in [0.25, 0.3) is 0 Å². The lowest BCUT2D eigenvalue weighted by Crippen LogP contribution is -2.20. The molecule has 1 aliphatic heterocycles. The van der Waals surface area contributed by atoms with Crippen LogP contribution in [0, 0.1) is 5.92 Å². The highest BCUT2D eigenvalue weighted by molar-refractivity contribution is 5.10. The molecule has 1 aliphatic rings. The number of likely N-dealkylation sites (tertiary alicyclic amines) is 1. The number of hydrogen-bond acceptors (Lipinski definition) is 3. The Balaban J connectivity index is 1.94. The molecule has 1 atom stereocenters. The van der Waals surface area contributed by atoms with Crippen molar-refractivity contribution >= 4 is 0 Å². The van der Waals surface area contributed by atoms with E-state index < -0.39 is 0 Å². The normalized spacial score (nSPS) is 21.8. The minimum absolute atomic E-state index is 0.0786. The lowest BCUT2D eigenvalue weighted by molar-refractivity contribution is 0.270. The van der Waals surface area contributed by atoms with Gasteiger partial charge in [-0.15, -0.1) is 0 Å². The second-order valence-corrected chi connectivity index (χ2v) is 4.66. The first-order valence-corrected chi connectivity index (χ1v) is 6.08. The summed E-state index contributed by atoms with van der Waals surface area (Å²) in [7, 11) is 1.89. The summed E-state index contributed by atoms with van der Waals surface area (Å²) in [5, 5.41) is 13.5. The van der Waals surface area contributed by atoms with Crippen LogP contribution in [0.1, 0.15) is 24.7 Å². The Kier molecular flexibility index (Phi) is 3.61. The highest BCUT2D eigenvalue weighted by atomic mass is 16.3. The van der Waals surface area contributed by atoms with E-state index in [-0.39, 0.29) is 6.61 Å². The Hall–Kier alpha value is -0.870. The molecule has 1 aromatic heterocycles. The van der Waals surface area contributed by atoms with Crippen LogP contribution in [0.15, 0.2) is 6.07 Å². The summed E-state index contributed by atoms with van der Waals surface area (Å²) in [4.78, 5) is 2.49. The number of aliphatic hydroxyl groups is 1. The highest BCUT2D eigenvalue weighted by Crippen LogP contribution is 2.20. The van der Waals surface area contributed by atoms with Crippen molar-refractivity contribution in [1.29, 1.82) is 0 Å². The fraction of sp³-hybridized carbons (Fsp3) is 0.750. The summed E-state index contributed by atoms with van der Waals surface area (Å²) in [6.07, 6.45) is 2.32. The summed E-state index contributed by atoms with van der Waals surface area (Å²) in [6.45, 7) is 5.87. The van der Waals surface area contributed by atoms with E-state index in [1.54, 1.807) is 4.68 Å². The van der Waals surface area contributed by atoms with Gasteiger partial charge < -0.3 is 10.0 Å². The molecule has 0 saturated carbocycles. The summed E-state index contributed by atoms with van der Waals surface area (Å²) in [5.41, 5.74) is 2.02. The maximum atomic E-state index is 9.10. The van der Waals surface area contributed by atoms with Crippen LogP contribution in [-0.4, -0.2) is 39.4 Å². The third kappa shape index (κ3) is 2.44. The van der Waals surface area contributed by atoms with E-state index in [0.29, 0.717) is 0 Å². The molecule has 4 nitrogen and oxygen atoms in total. The van der Waals surface area contributed by atoms with Crippen LogP contribution in [0.4, 0.5) is 0 Å². The number of hydrogen-bond donors (Lipinski definition) is 1. The zero-order valence-corrected chi connectivity index (χ0v) is 10.2. The molecule has 0 spiro atoms. The largest absolute Gasteiger partial charge is 0.390 e. The van der Waals surface area contributed by atoms with Crippen molar-refractivity contribution in [3.63, 3.8) is 0 Å². The quantitative estimate of drug-likeness (QED) is 0.821. The molecule has 1 saturated heterocycles. The van der Waals surface area contributed by atoms with E-state index in [2.05, 4.69) is 16.9 Å². The molecule has 0 radical (unpaired) electrons. The Labute approximate surface area is 96.9 Å². The Morgan fingerprint density at radius 2 is 2.38 bits per heavy atom. The monoisotopic (exact) mass is 223 g/mol. The Morgan fingerprint density at radius 3 is 2.94 bits per heavy atom. The molecule has 1 fully saturated rings. The standard InChI is InChI=1S/C12H21N3O/c1-3-15-5-4-10(8-15)6-11-7-12(9-16)14(2)13-11/h7,10,16H,3-6,8-9H2,1-2H3. The van der Waals surface area contributed by atoms with E-state index in [4.69, 9.17) is 5.11 Å². The van der Waals surface area contributed by atoms with Crippen LogP contribution in [-0.2, 0) is 20.1 Å². The first kappa shape index (κ1) is 11.6. The summed E-state index contributed by atoms with van der Waals surface area (Å²) in [6, 6.07) is 2.02.